The van der Waals surface area contributed by atoms with E-state index in [1.807, 2.05) is 28.5 Å². The third kappa shape index (κ3) is 4.98. The molecule has 4 aromatic rings. The van der Waals surface area contributed by atoms with Crippen molar-refractivity contribution in [2.24, 2.45) is 0 Å². The fourth-order valence-corrected chi connectivity index (χ4v) is 5.13. The van der Waals surface area contributed by atoms with Crippen LogP contribution < -0.4 is 15.5 Å². The molecule has 10 heteroatoms. The highest BCUT2D eigenvalue weighted by molar-refractivity contribution is 7.80. The van der Waals surface area contributed by atoms with Gasteiger partial charge in [-0.05, 0) is 54.0 Å². The number of anilines is 2. The number of hydrogen-bond donors (Lipinski definition) is 2. The van der Waals surface area contributed by atoms with Crippen molar-refractivity contribution >= 4 is 61.9 Å². The molecule has 5 rings (SSSR count). The monoisotopic (exact) mass is 503 g/mol. The van der Waals surface area contributed by atoms with Gasteiger partial charge in [0, 0.05) is 35.7 Å². The highest BCUT2D eigenvalue weighted by Crippen LogP contribution is 2.32. The molecule has 0 unspecified atom stereocenters. The number of aromatic nitrogens is 1. The number of nitro groups is 1. The summed E-state index contributed by atoms with van der Waals surface area (Å²) < 4.78 is 0. The number of nitro benzene ring substituents is 1. The number of amides is 1. The van der Waals surface area contributed by atoms with Gasteiger partial charge in [-0.2, -0.15) is 0 Å². The highest BCUT2D eigenvalue weighted by atomic mass is 32.1. The normalized spacial score (nSPS) is 13.1. The van der Waals surface area contributed by atoms with Crippen molar-refractivity contribution in [1.29, 1.82) is 0 Å². The smallest absolute Gasteiger partial charge is 0.293 e. The summed E-state index contributed by atoms with van der Waals surface area (Å²) in [4.78, 5) is 30.4. The van der Waals surface area contributed by atoms with Crippen LogP contribution in [-0.2, 0) is 0 Å². The molecule has 35 heavy (non-hydrogen) atoms. The van der Waals surface area contributed by atoms with Gasteiger partial charge in [-0.25, -0.2) is 4.98 Å². The van der Waals surface area contributed by atoms with Crippen LogP contribution in [0.3, 0.4) is 0 Å². The summed E-state index contributed by atoms with van der Waals surface area (Å²) in [7, 11) is 0. The standard InChI is InChI=1S/C25H21N5O3S2/c31-23(19-9-10-21(22(14-19)30(32)33)29-11-3-4-12-29)27-24(34)28-25-26-20(15-35-25)18-8-7-16-5-1-2-6-17(16)13-18/h1-2,5-10,13-15H,3-4,11-12H2,(H2,26,27,28,31,34). The molecule has 0 radical (unpaired) electrons. The second-order valence-corrected chi connectivity index (χ2v) is 9.43. The van der Waals surface area contributed by atoms with Crippen LogP contribution >= 0.6 is 23.6 Å². The Labute approximate surface area is 210 Å². The molecule has 1 saturated heterocycles. The van der Waals surface area contributed by atoms with Gasteiger partial charge >= 0.3 is 0 Å². The van der Waals surface area contributed by atoms with Gasteiger partial charge in [0.15, 0.2) is 10.2 Å². The summed E-state index contributed by atoms with van der Waals surface area (Å²) in [6.45, 7) is 1.55. The molecule has 1 aromatic heterocycles. The summed E-state index contributed by atoms with van der Waals surface area (Å²) >= 11 is 6.65. The first-order valence-corrected chi connectivity index (χ1v) is 12.4. The van der Waals surface area contributed by atoms with E-state index in [0.29, 0.717) is 10.8 Å². The molecule has 1 aliphatic heterocycles. The Morgan fingerprint density at radius 1 is 1.06 bits per heavy atom. The average Bonchev–Trinajstić information content (AvgIpc) is 3.56. The van der Waals surface area contributed by atoms with E-state index < -0.39 is 10.8 Å². The molecule has 1 aliphatic rings. The predicted octanol–water partition coefficient (Wildman–Crippen LogP) is 5.60. The topological polar surface area (TPSA) is 100 Å². The number of thiazole rings is 1. The van der Waals surface area contributed by atoms with E-state index in [1.54, 1.807) is 12.1 Å². The van der Waals surface area contributed by atoms with Crippen molar-refractivity contribution in [3.63, 3.8) is 0 Å². The van der Waals surface area contributed by atoms with Gasteiger partial charge in [0.25, 0.3) is 11.6 Å². The number of nitrogens with zero attached hydrogens (tertiary/aromatic N) is 3. The Kier molecular flexibility index (Phi) is 6.39. The van der Waals surface area contributed by atoms with Crippen LogP contribution in [0.5, 0.6) is 0 Å². The maximum atomic E-state index is 12.7. The number of thiocarbonyl (C=S) groups is 1. The van der Waals surface area contributed by atoms with Crippen LogP contribution in [0.25, 0.3) is 22.0 Å². The minimum atomic E-state index is -0.523. The van der Waals surface area contributed by atoms with Gasteiger partial charge in [-0.15, -0.1) is 11.3 Å². The minimum Gasteiger partial charge on any atom is -0.366 e. The molecule has 8 nitrogen and oxygen atoms in total. The Morgan fingerprint density at radius 3 is 2.60 bits per heavy atom. The van der Waals surface area contributed by atoms with Crippen molar-refractivity contribution in [3.8, 4) is 11.3 Å². The van der Waals surface area contributed by atoms with Crippen LogP contribution in [0.2, 0.25) is 0 Å². The molecule has 0 bridgehead atoms. The average molecular weight is 504 g/mol. The van der Waals surface area contributed by atoms with Gasteiger partial charge in [0.05, 0.1) is 10.6 Å². The summed E-state index contributed by atoms with van der Waals surface area (Å²) in [6.07, 6.45) is 2.00. The quantitative estimate of drug-likeness (QED) is 0.208. The van der Waals surface area contributed by atoms with Gasteiger partial charge < -0.3 is 10.2 Å². The Hall–Kier alpha value is -3.89. The summed E-state index contributed by atoms with van der Waals surface area (Å²) in [6, 6.07) is 18.8. The van der Waals surface area contributed by atoms with E-state index in [-0.39, 0.29) is 16.4 Å². The van der Waals surface area contributed by atoms with Crippen molar-refractivity contribution in [2.45, 2.75) is 12.8 Å². The van der Waals surface area contributed by atoms with Gasteiger partial charge in [-0.1, -0.05) is 36.4 Å². The third-order valence-corrected chi connectivity index (χ3v) is 6.84. The number of benzene rings is 3. The number of fused-ring (bicyclic) bond motifs is 1. The van der Waals surface area contributed by atoms with E-state index in [2.05, 4.69) is 39.9 Å². The minimum absolute atomic E-state index is 0.0701. The first-order valence-electron chi connectivity index (χ1n) is 11.1. The van der Waals surface area contributed by atoms with E-state index in [9.17, 15) is 14.9 Å². The fourth-order valence-electron chi connectivity index (χ4n) is 4.15. The zero-order valence-corrected chi connectivity index (χ0v) is 20.2. The molecule has 1 amide bonds. The molecule has 2 heterocycles. The van der Waals surface area contributed by atoms with Crippen LogP contribution in [0.4, 0.5) is 16.5 Å². The van der Waals surface area contributed by atoms with Crippen LogP contribution in [0.1, 0.15) is 23.2 Å². The number of rotatable bonds is 5. The maximum Gasteiger partial charge on any atom is 0.293 e. The zero-order valence-electron chi connectivity index (χ0n) is 18.6. The lowest BCUT2D eigenvalue weighted by molar-refractivity contribution is -0.384. The lowest BCUT2D eigenvalue weighted by Gasteiger charge is -2.17. The summed E-state index contributed by atoms with van der Waals surface area (Å²) in [5, 5.41) is 21.9. The van der Waals surface area contributed by atoms with Crippen LogP contribution in [0.15, 0.2) is 66.0 Å². The Bertz CT molecular complexity index is 1450. The fraction of sp³-hybridized carbons (Fsp3) is 0.160. The molecule has 0 spiro atoms. The first kappa shape index (κ1) is 22.9. The third-order valence-electron chi connectivity index (χ3n) is 5.88. The zero-order chi connectivity index (χ0) is 24.4. The van der Waals surface area contributed by atoms with Gasteiger partial charge in [0.2, 0.25) is 0 Å². The maximum absolute atomic E-state index is 12.7. The van der Waals surface area contributed by atoms with E-state index in [1.165, 1.54) is 17.4 Å². The molecule has 2 N–H and O–H groups in total. The van der Waals surface area contributed by atoms with Gasteiger partial charge in [0.1, 0.15) is 5.69 Å². The van der Waals surface area contributed by atoms with E-state index >= 15 is 0 Å². The Balaban J connectivity index is 1.26. The lowest BCUT2D eigenvalue weighted by Crippen LogP contribution is -2.34. The molecule has 0 aliphatic carbocycles. The van der Waals surface area contributed by atoms with Crippen molar-refractivity contribution in [1.82, 2.24) is 10.3 Å². The van der Waals surface area contributed by atoms with Gasteiger partial charge in [-0.3, -0.25) is 20.2 Å². The molecule has 3 aromatic carbocycles. The molecule has 176 valence electrons. The summed E-state index contributed by atoms with van der Waals surface area (Å²) in [5.74, 6) is -0.523. The van der Waals surface area contributed by atoms with E-state index in [0.717, 1.165) is 48.0 Å². The number of hydrogen-bond acceptors (Lipinski definition) is 7. The molecular formula is C25H21N5O3S2. The lowest BCUT2D eigenvalue weighted by atomic mass is 10.1. The summed E-state index contributed by atoms with van der Waals surface area (Å²) in [5.41, 5.74) is 2.39. The van der Waals surface area contributed by atoms with Crippen LogP contribution in [0, 0.1) is 10.1 Å². The predicted molar refractivity (Wildman–Crippen MR) is 143 cm³/mol. The number of carbonyl (C=O) groups excluding carboxylic acids is 1. The first-order chi connectivity index (χ1) is 17.0. The highest BCUT2D eigenvalue weighted by Gasteiger charge is 2.24. The second kappa shape index (κ2) is 9.77. The largest absolute Gasteiger partial charge is 0.366 e. The molecule has 0 atom stereocenters. The van der Waals surface area contributed by atoms with E-state index in [4.69, 9.17) is 12.2 Å². The van der Waals surface area contributed by atoms with Crippen molar-refractivity contribution in [2.75, 3.05) is 23.3 Å². The van der Waals surface area contributed by atoms with Crippen molar-refractivity contribution < 1.29 is 9.72 Å². The number of carbonyl (C=O) groups is 1. The van der Waals surface area contributed by atoms with Crippen molar-refractivity contribution in [3.05, 3.63) is 81.7 Å². The number of nitrogens with one attached hydrogen (secondary N) is 2. The molecule has 0 saturated carbocycles. The SMILES string of the molecule is O=C(NC(=S)Nc1nc(-c2ccc3ccccc3c2)cs1)c1ccc(N2CCCC2)c([N+](=O)[O-])c1. The molecular weight excluding hydrogens is 482 g/mol. The molecule has 1 fully saturated rings. The second-order valence-electron chi connectivity index (χ2n) is 8.16. The Morgan fingerprint density at radius 2 is 1.83 bits per heavy atom. The van der Waals surface area contributed by atoms with Crippen LogP contribution in [-0.4, -0.2) is 34.0 Å².